The number of amidine groups is 1. The van der Waals surface area contributed by atoms with E-state index in [-0.39, 0.29) is 40.8 Å². The van der Waals surface area contributed by atoms with Gasteiger partial charge in [-0.1, -0.05) is 31.7 Å². The Balaban J connectivity index is 0.00000167. The molecule has 0 bridgehead atoms. The van der Waals surface area contributed by atoms with Gasteiger partial charge in [0.2, 0.25) is 0 Å². The molecule has 186 valence electrons. The van der Waals surface area contributed by atoms with Gasteiger partial charge in [0.25, 0.3) is 17.3 Å². The van der Waals surface area contributed by atoms with Crippen molar-refractivity contribution in [3.05, 3.63) is 79.6 Å². The van der Waals surface area contributed by atoms with E-state index in [4.69, 9.17) is 4.74 Å². The summed E-state index contributed by atoms with van der Waals surface area (Å²) in [5.74, 6) is -1.84. The van der Waals surface area contributed by atoms with Crippen LogP contribution < -0.4 is 5.32 Å². The second-order valence-corrected chi connectivity index (χ2v) is 8.48. The van der Waals surface area contributed by atoms with Crippen LogP contribution in [0.3, 0.4) is 0 Å². The van der Waals surface area contributed by atoms with Gasteiger partial charge in [-0.05, 0) is 12.1 Å². The normalized spacial score (nSPS) is 23.1. The predicted octanol–water partition coefficient (Wildman–Crippen LogP) is 4.53. The average Bonchev–Trinajstić information content (AvgIpc) is 2.85. The number of hydrogen-bond donors (Lipinski definition) is 1. The monoisotopic (exact) mass is 508 g/mol. The Bertz CT molecular complexity index is 1200. The summed E-state index contributed by atoms with van der Waals surface area (Å²) >= 11 is 0.888. The van der Waals surface area contributed by atoms with Gasteiger partial charge < -0.3 is 10.1 Å². The largest absolute Gasteiger partial charge is 0.378 e. The third-order valence-electron chi connectivity index (χ3n) is 5.57. The lowest BCUT2D eigenvalue weighted by Gasteiger charge is -2.48. The Labute approximate surface area is 203 Å². The van der Waals surface area contributed by atoms with Crippen LogP contribution in [0.15, 0.2) is 47.5 Å². The van der Waals surface area contributed by atoms with Crippen molar-refractivity contribution in [3.8, 4) is 0 Å². The number of amides is 1. The predicted molar refractivity (Wildman–Crippen MR) is 126 cm³/mol. The Morgan fingerprint density at radius 2 is 1.83 bits per heavy atom. The molecule has 4 rings (SSSR count). The number of alkyl halides is 1. The lowest BCUT2D eigenvalue weighted by molar-refractivity contribution is -0.385. The van der Waals surface area contributed by atoms with Gasteiger partial charge in [0, 0.05) is 54.2 Å². The van der Waals surface area contributed by atoms with E-state index in [2.05, 4.69) is 10.3 Å². The van der Waals surface area contributed by atoms with E-state index in [0.29, 0.717) is 0 Å². The van der Waals surface area contributed by atoms with Gasteiger partial charge in [-0.15, -0.1) is 0 Å². The van der Waals surface area contributed by atoms with Crippen LogP contribution in [0.4, 0.5) is 20.2 Å². The second kappa shape index (κ2) is 10.4. The van der Waals surface area contributed by atoms with Crippen LogP contribution in [0, 0.1) is 26.0 Å². The van der Waals surface area contributed by atoms with Crippen LogP contribution in [0.2, 0.25) is 0 Å². The van der Waals surface area contributed by atoms with Crippen molar-refractivity contribution in [1.82, 2.24) is 5.32 Å². The number of aliphatic imine (C=N–C) groups is 1. The van der Waals surface area contributed by atoms with Crippen molar-refractivity contribution < 1.29 is 28.2 Å². The highest BCUT2D eigenvalue weighted by molar-refractivity contribution is 8.14. The fourth-order valence-electron chi connectivity index (χ4n) is 3.82. The number of nitro groups is 2. The number of non-ortho nitro benzene ring substituents is 2. The first kappa shape index (κ1) is 26.2. The molecule has 2 aromatic carbocycles. The number of halogens is 2. The summed E-state index contributed by atoms with van der Waals surface area (Å²) in [6.45, 7) is 3.67. The SMILES string of the molecule is CC.O=C(NC1=N[C@@]2(c3cc([N+](=O)[O-])ccc3F)COCC[C@@]2(F)CS1)c1cccc([N+](=O)[O-])c1. The van der Waals surface area contributed by atoms with Gasteiger partial charge >= 0.3 is 0 Å². The summed E-state index contributed by atoms with van der Waals surface area (Å²) in [4.78, 5) is 37.8. The molecule has 1 saturated heterocycles. The fraction of sp³-hybridized carbons (Fsp3) is 0.364. The van der Waals surface area contributed by atoms with Crippen molar-refractivity contribution in [2.24, 2.45) is 4.99 Å². The number of nitrogens with one attached hydrogen (secondary N) is 1. The minimum Gasteiger partial charge on any atom is -0.378 e. The summed E-state index contributed by atoms with van der Waals surface area (Å²) < 4.78 is 36.4. The molecule has 2 aliphatic heterocycles. The summed E-state index contributed by atoms with van der Waals surface area (Å²) in [5.41, 5.74) is -5.16. The second-order valence-electron chi connectivity index (χ2n) is 7.52. The smallest absolute Gasteiger partial charge is 0.270 e. The molecular weight excluding hydrogens is 486 g/mol. The Kier molecular flexibility index (Phi) is 7.80. The number of nitro benzene ring substituents is 2. The Hall–Kier alpha value is -3.45. The summed E-state index contributed by atoms with van der Waals surface area (Å²) in [6, 6.07) is 7.75. The topological polar surface area (TPSA) is 137 Å². The molecule has 10 nitrogen and oxygen atoms in total. The summed E-state index contributed by atoms with van der Waals surface area (Å²) in [7, 11) is 0. The lowest BCUT2D eigenvalue weighted by Crippen LogP contribution is -2.59. The maximum atomic E-state index is 16.1. The van der Waals surface area contributed by atoms with Crippen LogP contribution in [-0.4, -0.2) is 45.6 Å². The maximum absolute atomic E-state index is 16.1. The molecule has 1 amide bonds. The molecule has 2 aliphatic rings. The van der Waals surface area contributed by atoms with Gasteiger partial charge in [-0.2, -0.15) is 0 Å². The van der Waals surface area contributed by atoms with Crippen LogP contribution in [-0.2, 0) is 10.3 Å². The molecule has 13 heteroatoms. The number of nitrogens with zero attached hydrogens (tertiary/aromatic N) is 3. The number of rotatable bonds is 4. The van der Waals surface area contributed by atoms with Crippen molar-refractivity contribution in [3.63, 3.8) is 0 Å². The number of thioether (sulfide) groups is 1. The molecule has 0 aliphatic carbocycles. The van der Waals surface area contributed by atoms with Crippen LogP contribution >= 0.6 is 11.8 Å². The Morgan fingerprint density at radius 3 is 2.51 bits per heavy atom. The minimum atomic E-state index is -2.09. The first-order valence-electron chi connectivity index (χ1n) is 10.6. The van der Waals surface area contributed by atoms with Gasteiger partial charge in [0.1, 0.15) is 11.4 Å². The Morgan fingerprint density at radius 1 is 1.14 bits per heavy atom. The van der Waals surface area contributed by atoms with Gasteiger partial charge in [-0.25, -0.2) is 13.8 Å². The molecule has 0 saturated carbocycles. The van der Waals surface area contributed by atoms with Crippen molar-refractivity contribution in [2.45, 2.75) is 31.5 Å². The molecule has 2 atom stereocenters. The molecule has 0 spiro atoms. The standard InChI is InChI=1S/C20H16F2N4O6S.C2H6/c21-16-5-4-14(26(30)31)9-15(16)20-10-32-7-6-19(20,22)11-33-18(24-20)23-17(27)12-2-1-3-13(8-12)25(28)29;1-2/h1-5,8-9H,6-7,10-11H2,(H,23,24,27);1-2H3/t19-,20-;/m1./s1. The highest BCUT2D eigenvalue weighted by Gasteiger charge is 2.59. The average molecular weight is 509 g/mol. The van der Waals surface area contributed by atoms with E-state index in [1.54, 1.807) is 0 Å². The number of carbonyl (C=O) groups excluding carboxylic acids is 1. The molecule has 35 heavy (non-hydrogen) atoms. The quantitative estimate of drug-likeness (QED) is 0.473. The zero-order valence-corrected chi connectivity index (χ0v) is 19.6. The molecular formula is C22H22F2N4O6S. The maximum Gasteiger partial charge on any atom is 0.270 e. The molecule has 1 fully saturated rings. The lowest BCUT2D eigenvalue weighted by atomic mass is 9.74. The molecule has 0 aromatic heterocycles. The molecule has 2 aromatic rings. The van der Waals surface area contributed by atoms with Gasteiger partial charge in [0.15, 0.2) is 10.8 Å². The summed E-state index contributed by atoms with van der Waals surface area (Å²) in [5, 5.41) is 24.6. The van der Waals surface area contributed by atoms with E-state index in [1.165, 1.54) is 18.2 Å². The minimum absolute atomic E-state index is 0.0277. The number of ether oxygens (including phenoxy) is 1. The van der Waals surface area contributed by atoms with E-state index in [0.717, 1.165) is 36.0 Å². The fourth-order valence-corrected chi connectivity index (χ4v) is 4.95. The molecule has 0 radical (unpaired) electrons. The zero-order valence-electron chi connectivity index (χ0n) is 18.8. The van der Waals surface area contributed by atoms with E-state index in [9.17, 15) is 29.4 Å². The van der Waals surface area contributed by atoms with Crippen LogP contribution in [0.25, 0.3) is 0 Å². The number of hydrogen-bond acceptors (Lipinski definition) is 8. The van der Waals surface area contributed by atoms with Crippen LogP contribution in [0.1, 0.15) is 36.2 Å². The van der Waals surface area contributed by atoms with Crippen molar-refractivity contribution >= 4 is 34.2 Å². The third-order valence-corrected chi connectivity index (χ3v) is 6.64. The van der Waals surface area contributed by atoms with Gasteiger partial charge in [-0.3, -0.25) is 25.0 Å². The van der Waals surface area contributed by atoms with E-state index in [1.807, 2.05) is 13.8 Å². The third kappa shape index (κ3) is 5.00. The molecule has 2 heterocycles. The summed E-state index contributed by atoms with van der Waals surface area (Å²) in [6.07, 6.45) is -0.127. The number of carbonyl (C=O) groups is 1. The first-order chi connectivity index (χ1) is 16.6. The van der Waals surface area contributed by atoms with Crippen molar-refractivity contribution in [1.29, 1.82) is 0 Å². The van der Waals surface area contributed by atoms with E-state index < -0.39 is 45.1 Å². The zero-order chi connectivity index (χ0) is 25.8. The molecule has 1 N–H and O–H groups in total. The highest BCUT2D eigenvalue weighted by atomic mass is 32.2. The first-order valence-corrected chi connectivity index (χ1v) is 11.6. The van der Waals surface area contributed by atoms with Crippen molar-refractivity contribution in [2.75, 3.05) is 19.0 Å². The molecule has 0 unspecified atom stereocenters. The number of benzene rings is 2. The highest BCUT2D eigenvalue weighted by Crippen LogP contribution is 2.51. The van der Waals surface area contributed by atoms with E-state index >= 15 is 4.39 Å². The number of fused-ring (bicyclic) bond motifs is 1. The van der Waals surface area contributed by atoms with Crippen LogP contribution in [0.5, 0.6) is 0 Å². The van der Waals surface area contributed by atoms with Gasteiger partial charge in [0.05, 0.1) is 16.5 Å².